The predicted octanol–water partition coefficient (Wildman–Crippen LogP) is 3.05. The molecule has 0 amide bonds. The van der Waals surface area contributed by atoms with E-state index in [1.54, 1.807) is 0 Å². The molecule has 1 aromatic rings. The molecule has 0 N–H and O–H groups in total. The van der Waals surface area contributed by atoms with Crippen molar-refractivity contribution < 1.29 is 0 Å². The lowest BCUT2D eigenvalue weighted by molar-refractivity contribution is 1.10. The maximum atomic E-state index is 4.30. The largest absolute Gasteiger partial charge is 0.256 e. The van der Waals surface area contributed by atoms with Crippen LogP contribution in [-0.4, -0.2) is 4.98 Å². The molecule has 1 rings (SSSR count). The van der Waals surface area contributed by atoms with Gasteiger partial charge in [-0.05, 0) is 35.0 Å². The quantitative estimate of drug-likeness (QED) is 0.711. The normalized spacial score (nSPS) is 9.90. The summed E-state index contributed by atoms with van der Waals surface area (Å²) in [5, 5.41) is 0.801. The van der Waals surface area contributed by atoms with Crippen molar-refractivity contribution in [2.45, 2.75) is 12.3 Å². The van der Waals surface area contributed by atoms with Gasteiger partial charge in [0.05, 0.1) is 5.69 Å². The van der Waals surface area contributed by atoms with E-state index in [1.807, 2.05) is 19.1 Å². The molecule has 0 aromatic carbocycles. The molecule has 0 bridgehead atoms. The van der Waals surface area contributed by atoms with E-state index in [0.29, 0.717) is 0 Å². The van der Waals surface area contributed by atoms with Gasteiger partial charge in [0.1, 0.15) is 0 Å². The molecule has 3 heteroatoms. The third kappa shape index (κ3) is 1.80. The van der Waals surface area contributed by atoms with E-state index in [4.69, 9.17) is 0 Å². The Kier molecular flexibility index (Phi) is 2.86. The van der Waals surface area contributed by atoms with Crippen LogP contribution in [-0.2, 0) is 5.33 Å². The highest BCUT2D eigenvalue weighted by Gasteiger charge is 1.97. The van der Waals surface area contributed by atoms with Gasteiger partial charge in [-0.2, -0.15) is 0 Å². The smallest absolute Gasteiger partial charge is 0.0654 e. The molecule has 0 aliphatic carbocycles. The predicted molar refractivity (Wildman–Crippen MR) is 49.3 cm³/mol. The summed E-state index contributed by atoms with van der Waals surface area (Å²) in [5.74, 6) is 0. The zero-order chi connectivity index (χ0) is 7.56. The number of pyridine rings is 1. The third-order valence-electron chi connectivity index (χ3n) is 1.18. The molecule has 0 saturated carbocycles. The Hall–Kier alpha value is 0.110. The van der Waals surface area contributed by atoms with E-state index in [9.17, 15) is 0 Å². The number of hydrogen-bond donors (Lipinski definition) is 0. The van der Waals surface area contributed by atoms with Crippen molar-refractivity contribution in [3.05, 3.63) is 28.0 Å². The summed E-state index contributed by atoms with van der Waals surface area (Å²) in [4.78, 5) is 4.30. The maximum Gasteiger partial charge on any atom is 0.0654 e. The van der Waals surface area contributed by atoms with Gasteiger partial charge in [0, 0.05) is 15.5 Å². The molecule has 0 aliphatic heterocycles. The average Bonchev–Trinajstić information content (AvgIpc) is 1.94. The van der Waals surface area contributed by atoms with Crippen molar-refractivity contribution in [2.24, 2.45) is 0 Å². The molecule has 10 heavy (non-hydrogen) atoms. The molecule has 1 nitrogen and oxygen atoms in total. The van der Waals surface area contributed by atoms with Crippen LogP contribution in [0.5, 0.6) is 0 Å². The summed E-state index contributed by atoms with van der Waals surface area (Å²) in [6.07, 6.45) is 0. The first kappa shape index (κ1) is 8.21. The molecule has 0 spiro atoms. The van der Waals surface area contributed by atoms with E-state index < -0.39 is 0 Å². The summed E-state index contributed by atoms with van der Waals surface area (Å²) in [7, 11) is 0. The second-order valence-corrected chi connectivity index (χ2v) is 3.43. The molecule has 0 fully saturated rings. The van der Waals surface area contributed by atoms with Crippen molar-refractivity contribution in [2.75, 3.05) is 0 Å². The van der Waals surface area contributed by atoms with E-state index in [-0.39, 0.29) is 0 Å². The summed E-state index contributed by atoms with van der Waals surface area (Å²) < 4.78 is 1.06. The van der Waals surface area contributed by atoms with Gasteiger partial charge in [0.25, 0.3) is 0 Å². The highest BCUT2D eigenvalue weighted by atomic mass is 79.9. The monoisotopic (exact) mass is 263 g/mol. The summed E-state index contributed by atoms with van der Waals surface area (Å²) >= 11 is 6.75. The second kappa shape index (κ2) is 3.49. The fraction of sp³-hybridized carbons (Fsp3) is 0.286. The van der Waals surface area contributed by atoms with Crippen LogP contribution in [0.4, 0.5) is 0 Å². The van der Waals surface area contributed by atoms with Crippen LogP contribution in [0, 0.1) is 6.92 Å². The molecule has 54 valence electrons. The van der Waals surface area contributed by atoms with Gasteiger partial charge in [-0.1, -0.05) is 15.9 Å². The molecular formula is C7H7Br2N. The van der Waals surface area contributed by atoms with E-state index in [1.165, 1.54) is 0 Å². The van der Waals surface area contributed by atoms with Crippen LogP contribution in [0.2, 0.25) is 0 Å². The minimum atomic E-state index is 0.801. The number of aromatic nitrogens is 1. The van der Waals surface area contributed by atoms with Crippen LogP contribution >= 0.6 is 31.9 Å². The molecule has 0 aliphatic rings. The highest BCUT2D eigenvalue weighted by molar-refractivity contribution is 9.10. The van der Waals surface area contributed by atoms with Gasteiger partial charge in [0.2, 0.25) is 0 Å². The SMILES string of the molecule is Cc1ccc(Br)c(CBr)n1. The first-order chi connectivity index (χ1) is 4.74. The highest BCUT2D eigenvalue weighted by Crippen LogP contribution is 2.16. The number of nitrogens with zero attached hydrogens (tertiary/aromatic N) is 1. The lowest BCUT2D eigenvalue weighted by atomic mass is 10.3. The van der Waals surface area contributed by atoms with Gasteiger partial charge in [0.15, 0.2) is 0 Å². The molecule has 0 atom stereocenters. The Balaban J connectivity index is 3.09. The lowest BCUT2D eigenvalue weighted by Gasteiger charge is -1.98. The van der Waals surface area contributed by atoms with Gasteiger partial charge < -0.3 is 0 Å². The van der Waals surface area contributed by atoms with Crippen molar-refractivity contribution in [1.82, 2.24) is 4.98 Å². The van der Waals surface area contributed by atoms with E-state index in [0.717, 1.165) is 21.2 Å². The van der Waals surface area contributed by atoms with Gasteiger partial charge >= 0.3 is 0 Å². The zero-order valence-corrected chi connectivity index (χ0v) is 8.74. The number of aryl methyl sites for hydroxylation is 1. The fourth-order valence-corrected chi connectivity index (χ4v) is 1.85. The first-order valence-electron chi connectivity index (χ1n) is 2.92. The van der Waals surface area contributed by atoms with Gasteiger partial charge in [-0.15, -0.1) is 0 Å². The van der Waals surface area contributed by atoms with Crippen LogP contribution in [0.3, 0.4) is 0 Å². The molecule has 1 aromatic heterocycles. The number of rotatable bonds is 1. The molecule has 1 heterocycles. The second-order valence-electron chi connectivity index (χ2n) is 2.01. The van der Waals surface area contributed by atoms with Crippen molar-refractivity contribution in [1.29, 1.82) is 0 Å². The molecule has 0 unspecified atom stereocenters. The van der Waals surface area contributed by atoms with Crippen LogP contribution in [0.25, 0.3) is 0 Å². The average molecular weight is 265 g/mol. The Morgan fingerprint density at radius 1 is 1.50 bits per heavy atom. The summed E-state index contributed by atoms with van der Waals surface area (Å²) in [5.41, 5.74) is 2.11. The Morgan fingerprint density at radius 3 is 2.70 bits per heavy atom. The fourth-order valence-electron chi connectivity index (χ4n) is 0.687. The van der Waals surface area contributed by atoms with Crippen molar-refractivity contribution in [3.8, 4) is 0 Å². The van der Waals surface area contributed by atoms with E-state index in [2.05, 4.69) is 36.8 Å². The standard InChI is InChI=1S/C7H7Br2N/c1-5-2-3-6(9)7(4-8)10-5/h2-3H,4H2,1H3. The van der Waals surface area contributed by atoms with Crippen LogP contribution in [0.1, 0.15) is 11.4 Å². The van der Waals surface area contributed by atoms with E-state index >= 15 is 0 Å². The Morgan fingerprint density at radius 2 is 2.20 bits per heavy atom. The molecule has 0 saturated heterocycles. The topological polar surface area (TPSA) is 12.9 Å². The minimum absolute atomic E-state index is 0.801. The Bertz CT molecular complexity index is 235. The molecular weight excluding hydrogens is 258 g/mol. The zero-order valence-electron chi connectivity index (χ0n) is 5.56. The summed E-state index contributed by atoms with van der Waals surface area (Å²) in [6, 6.07) is 4.00. The third-order valence-corrected chi connectivity index (χ3v) is 2.44. The minimum Gasteiger partial charge on any atom is -0.256 e. The lowest BCUT2D eigenvalue weighted by Crippen LogP contribution is -1.88. The van der Waals surface area contributed by atoms with Crippen LogP contribution < -0.4 is 0 Å². The van der Waals surface area contributed by atoms with Gasteiger partial charge in [-0.3, -0.25) is 4.98 Å². The number of halogens is 2. The maximum absolute atomic E-state index is 4.30. The first-order valence-corrected chi connectivity index (χ1v) is 4.83. The van der Waals surface area contributed by atoms with Crippen molar-refractivity contribution in [3.63, 3.8) is 0 Å². The van der Waals surface area contributed by atoms with Gasteiger partial charge in [-0.25, -0.2) is 0 Å². The number of hydrogen-bond acceptors (Lipinski definition) is 1. The summed E-state index contributed by atoms with van der Waals surface area (Å²) in [6.45, 7) is 1.98. The molecule has 0 radical (unpaired) electrons. The Labute approximate surface area is 77.1 Å². The van der Waals surface area contributed by atoms with Crippen molar-refractivity contribution >= 4 is 31.9 Å². The number of alkyl halides is 1. The van der Waals surface area contributed by atoms with Crippen LogP contribution in [0.15, 0.2) is 16.6 Å².